The predicted octanol–water partition coefficient (Wildman–Crippen LogP) is 22.5. The molecule has 15 aromatic rings. The van der Waals surface area contributed by atoms with Crippen molar-refractivity contribution in [3.63, 3.8) is 0 Å². The largest absolute Gasteiger partial charge is 0.458 e. The fourth-order valence-corrected chi connectivity index (χ4v) is 18.1. The number of hydrogen-bond acceptors (Lipinski definition) is 4. The molecule has 0 radical (unpaired) electrons. The smallest absolute Gasteiger partial charge is 0.256 e. The van der Waals surface area contributed by atoms with Gasteiger partial charge in [0.25, 0.3) is 13.4 Å². The molecule has 4 aliphatic heterocycles. The normalized spacial score (nSPS) is 15.3. The Morgan fingerprint density at radius 2 is 0.830 bits per heavy atom. The van der Waals surface area contributed by atoms with Crippen LogP contribution in [-0.4, -0.2) is 18.0 Å². The van der Waals surface area contributed by atoms with Gasteiger partial charge in [-0.15, -0.1) is 0 Å². The van der Waals surface area contributed by atoms with Gasteiger partial charge in [0.1, 0.15) is 11.5 Å². The lowest BCUT2D eigenvalue weighted by atomic mass is 9.30. The van der Waals surface area contributed by atoms with Gasteiger partial charge in [0.2, 0.25) is 0 Å². The Labute approximate surface area is 635 Å². The third-order valence-corrected chi connectivity index (χ3v) is 23.2. The fourth-order valence-electron chi connectivity index (χ4n) is 18.1. The summed E-state index contributed by atoms with van der Waals surface area (Å²) in [7, 11) is 0. The van der Waals surface area contributed by atoms with Crippen LogP contribution in [-0.2, 0) is 21.7 Å². The lowest BCUT2D eigenvalue weighted by molar-refractivity contribution is 0.488. The third-order valence-electron chi connectivity index (χ3n) is 23.2. The highest BCUT2D eigenvalue weighted by Gasteiger charge is 2.49. The van der Waals surface area contributed by atoms with Gasteiger partial charge in [0.05, 0.1) is 33.4 Å². The zero-order chi connectivity index (χ0) is 79.0. The number of ether oxygens (including phenoxy) is 1. The molecule has 1 aromatic heterocycles. The van der Waals surface area contributed by atoms with E-state index in [-0.39, 0.29) is 62.3 Å². The summed E-state index contributed by atoms with van der Waals surface area (Å²) >= 11 is 0. The fraction of sp³-hybridized carbons (Fsp3) is 0.152. The molecule has 5 aliphatic rings. The second-order valence-electron chi connectivity index (χ2n) is 33.0. The first-order valence-electron chi connectivity index (χ1n) is 41.1. The van der Waals surface area contributed by atoms with E-state index in [1.165, 1.54) is 27.8 Å². The first-order chi connectivity index (χ1) is 54.6. The first kappa shape index (κ1) is 55.7. The number of hydrogen-bond donors (Lipinski definition) is 0. The molecular formula is C99H82B2N4O. The van der Waals surface area contributed by atoms with Gasteiger partial charge in [-0.2, -0.15) is 0 Å². The molecule has 0 atom stereocenters. The van der Waals surface area contributed by atoms with Gasteiger partial charge in [0, 0.05) is 78.9 Å². The zero-order valence-corrected chi connectivity index (χ0v) is 61.5. The van der Waals surface area contributed by atoms with E-state index in [9.17, 15) is 8.22 Å². The Bertz CT molecular complexity index is 6530. The molecule has 20 rings (SSSR count). The van der Waals surface area contributed by atoms with Crippen LogP contribution in [0.5, 0.6) is 11.5 Å². The molecule has 0 saturated carbocycles. The van der Waals surface area contributed by atoms with Gasteiger partial charge < -0.3 is 24.0 Å². The predicted molar refractivity (Wildman–Crippen MR) is 451 cm³/mol. The minimum absolute atomic E-state index is 0.00681. The minimum Gasteiger partial charge on any atom is -0.458 e. The van der Waals surface area contributed by atoms with Crippen LogP contribution in [0.15, 0.2) is 297 Å². The van der Waals surface area contributed by atoms with Crippen LogP contribution < -0.4 is 52.2 Å². The summed E-state index contributed by atoms with van der Waals surface area (Å²) in [6.45, 7) is 24.3. The number of nitrogens with zero attached hydrogens (tertiary/aromatic N) is 4. The second-order valence-corrected chi connectivity index (χ2v) is 33.0. The molecular weight excluding hydrogens is 1280 g/mol. The van der Waals surface area contributed by atoms with Crippen molar-refractivity contribution >= 4 is 119 Å². The third kappa shape index (κ3) is 9.56. The van der Waals surface area contributed by atoms with Gasteiger partial charge in [-0.3, -0.25) is 0 Å². The number of benzene rings is 14. The molecule has 5 nitrogen and oxygen atoms in total. The Kier molecular flexibility index (Phi) is 12.1. The Balaban J connectivity index is 0.924. The Hall–Kier alpha value is -11.8. The molecule has 0 N–H and O–H groups in total. The number of rotatable bonds is 7. The summed E-state index contributed by atoms with van der Waals surface area (Å²) in [5.74, 6) is 1.42. The summed E-state index contributed by atoms with van der Waals surface area (Å²) in [5.41, 5.74) is 28.6. The highest BCUT2D eigenvalue weighted by atomic mass is 16.5. The van der Waals surface area contributed by atoms with Crippen molar-refractivity contribution in [2.45, 2.75) is 97.8 Å². The van der Waals surface area contributed by atoms with E-state index in [0.29, 0.717) is 11.4 Å². The molecule has 106 heavy (non-hydrogen) atoms. The van der Waals surface area contributed by atoms with Crippen LogP contribution in [0.25, 0.3) is 72.0 Å². The quantitative estimate of drug-likeness (QED) is 0.148. The molecule has 14 aromatic carbocycles. The maximum atomic E-state index is 9.92. The molecule has 0 unspecified atom stereocenters. The lowest BCUT2D eigenvalue weighted by Gasteiger charge is -2.46. The number of fused-ring (bicyclic) bond motifs is 14. The van der Waals surface area contributed by atoms with E-state index < -0.39 is 43.0 Å². The van der Waals surface area contributed by atoms with Crippen molar-refractivity contribution in [1.82, 2.24) is 4.57 Å². The van der Waals surface area contributed by atoms with Crippen LogP contribution in [0.1, 0.15) is 115 Å². The summed E-state index contributed by atoms with van der Waals surface area (Å²) < 4.78 is 85.8. The SMILES string of the molecule is [2H]c1c([2H])c([2H])c2c(c1[2H])c1c([2H])c([2H])c([2H])c([2H])c1n2-c1cc2c3c(c1)N(c1cc(C(C)(C)C)cc(C(C)(C)C)c1)c1cc4c(cc1B3c1ccccc1N2c1ccccc1)B1c2ccccc2N(c2c(-c3ccccc3)cc(C(C)(C)C)cc2-c2ccccc2)c2cc(-c3cccc5c3C(C)(C)c3ccccc3-5)cc(c21)O4. The highest BCUT2D eigenvalue weighted by Crippen LogP contribution is 2.57. The number of para-hydroxylation sites is 5. The minimum atomic E-state index is -0.501. The summed E-state index contributed by atoms with van der Waals surface area (Å²) in [6, 6.07) is 87.4. The van der Waals surface area contributed by atoms with Crippen LogP contribution in [0, 0.1) is 0 Å². The number of aromatic nitrogens is 1. The van der Waals surface area contributed by atoms with Gasteiger partial charge in [0.15, 0.2) is 0 Å². The van der Waals surface area contributed by atoms with E-state index in [0.717, 1.165) is 134 Å². The highest BCUT2D eigenvalue weighted by molar-refractivity contribution is 7.02. The average molecular weight is 1370 g/mol. The van der Waals surface area contributed by atoms with E-state index in [1.807, 2.05) is 18.2 Å². The lowest BCUT2D eigenvalue weighted by Crippen LogP contribution is -2.64. The monoisotopic (exact) mass is 1370 g/mol. The van der Waals surface area contributed by atoms with Gasteiger partial charge in [-0.25, -0.2) is 0 Å². The van der Waals surface area contributed by atoms with Crippen molar-refractivity contribution < 1.29 is 15.7 Å². The second kappa shape index (κ2) is 23.1. The van der Waals surface area contributed by atoms with Crippen molar-refractivity contribution in [3.8, 4) is 61.7 Å². The summed E-state index contributed by atoms with van der Waals surface area (Å²) in [6.07, 6.45) is 0. The first-order valence-corrected chi connectivity index (χ1v) is 37.1. The van der Waals surface area contributed by atoms with E-state index in [2.05, 4.69) is 321 Å². The van der Waals surface area contributed by atoms with Crippen molar-refractivity contribution in [3.05, 3.63) is 325 Å². The summed E-state index contributed by atoms with van der Waals surface area (Å²) in [5, 5.41) is 0.0136. The summed E-state index contributed by atoms with van der Waals surface area (Å²) in [4.78, 5) is 7.25. The van der Waals surface area contributed by atoms with Crippen LogP contribution in [0.3, 0.4) is 0 Å². The van der Waals surface area contributed by atoms with E-state index in [1.54, 1.807) is 4.57 Å². The Morgan fingerprint density at radius 1 is 0.340 bits per heavy atom. The Morgan fingerprint density at radius 3 is 1.43 bits per heavy atom. The molecule has 510 valence electrons. The molecule has 0 amide bonds. The molecule has 5 heterocycles. The van der Waals surface area contributed by atoms with Gasteiger partial charge in [-0.1, -0.05) is 282 Å². The number of anilines is 9. The van der Waals surface area contributed by atoms with Crippen LogP contribution in [0.4, 0.5) is 51.2 Å². The maximum absolute atomic E-state index is 9.92. The standard InChI is InChI=1S/C99H82B2N4O/c1-96(2,3)64-52-65(97(4,5)6)54-68(53-64)104-86-60-90-81(59-80(86)100-78-44-25-29-48-84(78)102(67-36-19-14-20-37-67)88-57-69(58-89(104)93(88)100)103-82-46-27-22-39-72(82)73-40-23-28-47-83(73)103)101-79-45-26-30-49-85(79)105(95-75(61-32-15-12-16-33-61)55-66(98(7,8)9)56-76(95)62-34-17-13-18-35-62)87-50-63(51-91(106-90)94(87)101)70-41-31-42-74-71-38-21-24-43-77(71)99(10,11)92(70)74/h12-60H,1-11H3/i22D,23D,27D,28D,39D,40D,46D,47D. The molecule has 0 saturated heterocycles. The van der Waals surface area contributed by atoms with Crippen molar-refractivity contribution in [2.24, 2.45) is 0 Å². The maximum Gasteiger partial charge on any atom is 0.256 e. The molecule has 0 spiro atoms. The van der Waals surface area contributed by atoms with Crippen LogP contribution >= 0.6 is 0 Å². The zero-order valence-electron chi connectivity index (χ0n) is 69.5. The molecule has 1 aliphatic carbocycles. The average Bonchev–Trinajstić information content (AvgIpc) is 1.69. The molecule has 7 heteroatoms. The molecule has 0 fully saturated rings. The van der Waals surface area contributed by atoms with Crippen molar-refractivity contribution in [2.75, 3.05) is 14.7 Å². The van der Waals surface area contributed by atoms with E-state index in [4.69, 9.17) is 7.48 Å². The van der Waals surface area contributed by atoms with Crippen molar-refractivity contribution in [1.29, 1.82) is 0 Å². The van der Waals surface area contributed by atoms with E-state index >= 15 is 0 Å². The van der Waals surface area contributed by atoms with Crippen LogP contribution in [0.2, 0.25) is 0 Å². The molecule has 0 bridgehead atoms. The topological polar surface area (TPSA) is 23.9 Å². The van der Waals surface area contributed by atoms with Gasteiger partial charge >= 0.3 is 0 Å². The van der Waals surface area contributed by atoms with Gasteiger partial charge in [-0.05, 0) is 195 Å².